The third kappa shape index (κ3) is 2.81. The molecule has 1 unspecified atom stereocenters. The van der Waals surface area contributed by atoms with E-state index in [2.05, 4.69) is 27.6 Å². The van der Waals surface area contributed by atoms with E-state index in [1.54, 1.807) is 0 Å². The number of hydrogen-bond donors (Lipinski definition) is 1. The third-order valence-corrected chi connectivity index (χ3v) is 3.29. The van der Waals surface area contributed by atoms with Crippen molar-refractivity contribution in [2.75, 3.05) is 6.54 Å². The van der Waals surface area contributed by atoms with Gasteiger partial charge in [-0.1, -0.05) is 35.5 Å². The van der Waals surface area contributed by atoms with Crippen molar-refractivity contribution in [1.82, 2.24) is 15.5 Å². The van der Waals surface area contributed by atoms with E-state index >= 15 is 0 Å². The molecule has 2 aromatic rings. The van der Waals surface area contributed by atoms with Crippen molar-refractivity contribution in [3.63, 3.8) is 0 Å². The van der Waals surface area contributed by atoms with Crippen LogP contribution < -0.4 is 5.32 Å². The zero-order valence-electron chi connectivity index (χ0n) is 10.5. The number of benzene rings is 1. The molecule has 1 amide bonds. The average molecular weight is 257 g/mol. The predicted molar refractivity (Wildman–Crippen MR) is 68.5 cm³/mol. The van der Waals surface area contributed by atoms with Crippen molar-refractivity contribution in [3.8, 4) is 0 Å². The van der Waals surface area contributed by atoms with Gasteiger partial charge in [0.1, 0.15) is 0 Å². The number of nitrogens with zero attached hydrogens (tertiary/aromatic N) is 2. The third-order valence-electron chi connectivity index (χ3n) is 3.29. The van der Waals surface area contributed by atoms with Crippen LogP contribution in [-0.2, 0) is 17.6 Å². The normalized spacial score (nSPS) is 18.5. The largest absolute Gasteiger partial charge is 0.355 e. The van der Waals surface area contributed by atoms with Crippen molar-refractivity contribution in [2.45, 2.75) is 25.2 Å². The smallest absolute Gasteiger partial charge is 0.232 e. The zero-order chi connectivity index (χ0) is 13.1. The van der Waals surface area contributed by atoms with E-state index < -0.39 is 0 Å². The highest BCUT2D eigenvalue weighted by molar-refractivity contribution is 5.79. The van der Waals surface area contributed by atoms with Crippen molar-refractivity contribution >= 4 is 5.91 Å². The Morgan fingerprint density at radius 2 is 2.11 bits per heavy atom. The van der Waals surface area contributed by atoms with Crippen LogP contribution in [0.1, 0.15) is 29.6 Å². The van der Waals surface area contributed by atoms with Crippen molar-refractivity contribution in [3.05, 3.63) is 47.6 Å². The van der Waals surface area contributed by atoms with Crippen molar-refractivity contribution in [2.24, 2.45) is 0 Å². The molecule has 0 spiro atoms. The van der Waals surface area contributed by atoms with Crippen molar-refractivity contribution in [1.29, 1.82) is 0 Å². The first-order chi connectivity index (χ1) is 9.31. The minimum atomic E-state index is 0.0328. The van der Waals surface area contributed by atoms with E-state index in [9.17, 15) is 4.79 Å². The molecule has 0 bridgehead atoms. The van der Waals surface area contributed by atoms with Gasteiger partial charge in [-0.15, -0.1) is 0 Å². The monoisotopic (exact) mass is 257 g/mol. The molecule has 1 aromatic carbocycles. The molecule has 0 radical (unpaired) electrons. The number of aryl methyl sites for hydroxylation is 2. The number of carbonyl (C=O) groups excluding carboxylic acids is 1. The van der Waals surface area contributed by atoms with Gasteiger partial charge in [-0.05, 0) is 12.0 Å². The molecule has 1 aromatic heterocycles. The first-order valence-corrected chi connectivity index (χ1v) is 6.44. The van der Waals surface area contributed by atoms with Crippen LogP contribution in [0.3, 0.4) is 0 Å². The number of rotatable bonds is 4. The van der Waals surface area contributed by atoms with Crippen LogP contribution in [-0.4, -0.2) is 22.6 Å². The number of aromatic nitrogens is 2. The number of carbonyl (C=O) groups is 1. The first kappa shape index (κ1) is 11.9. The van der Waals surface area contributed by atoms with Gasteiger partial charge in [-0.3, -0.25) is 4.79 Å². The van der Waals surface area contributed by atoms with Crippen LogP contribution >= 0.6 is 0 Å². The molecule has 98 valence electrons. The van der Waals surface area contributed by atoms with E-state index in [1.165, 1.54) is 5.56 Å². The maximum absolute atomic E-state index is 11.1. The lowest BCUT2D eigenvalue weighted by Gasteiger charge is -1.98. The van der Waals surface area contributed by atoms with Crippen LogP contribution in [0.4, 0.5) is 0 Å². The minimum Gasteiger partial charge on any atom is -0.355 e. The lowest BCUT2D eigenvalue weighted by atomic mass is 10.1. The van der Waals surface area contributed by atoms with Gasteiger partial charge < -0.3 is 9.84 Å². The fourth-order valence-corrected chi connectivity index (χ4v) is 2.22. The van der Waals surface area contributed by atoms with E-state index in [4.69, 9.17) is 4.52 Å². The highest BCUT2D eigenvalue weighted by Gasteiger charge is 2.27. The van der Waals surface area contributed by atoms with Crippen LogP contribution in [0.5, 0.6) is 0 Å². The van der Waals surface area contributed by atoms with Gasteiger partial charge in [0.15, 0.2) is 5.82 Å². The van der Waals surface area contributed by atoms with Gasteiger partial charge in [0.2, 0.25) is 11.8 Å². The second-order valence-corrected chi connectivity index (χ2v) is 4.74. The Morgan fingerprint density at radius 1 is 1.26 bits per heavy atom. The maximum Gasteiger partial charge on any atom is 0.232 e. The summed E-state index contributed by atoms with van der Waals surface area (Å²) in [6, 6.07) is 10.2. The van der Waals surface area contributed by atoms with Crippen LogP contribution in [0.15, 0.2) is 34.9 Å². The summed E-state index contributed by atoms with van der Waals surface area (Å²) in [5.41, 5.74) is 1.26. The van der Waals surface area contributed by atoms with E-state index in [1.807, 2.05) is 18.2 Å². The van der Waals surface area contributed by atoms with E-state index in [0.29, 0.717) is 24.7 Å². The molecule has 5 nitrogen and oxygen atoms in total. The molecule has 1 saturated heterocycles. The fourth-order valence-electron chi connectivity index (χ4n) is 2.22. The summed E-state index contributed by atoms with van der Waals surface area (Å²) in [4.78, 5) is 15.5. The Bertz CT molecular complexity index is 565. The molecule has 5 heteroatoms. The Labute approximate surface area is 111 Å². The van der Waals surface area contributed by atoms with Crippen LogP contribution in [0.25, 0.3) is 0 Å². The summed E-state index contributed by atoms with van der Waals surface area (Å²) >= 11 is 0. The Hall–Kier alpha value is -2.17. The molecule has 1 aliphatic heterocycles. The summed E-state index contributed by atoms with van der Waals surface area (Å²) in [6.45, 7) is 0.596. The molecular weight excluding hydrogens is 242 g/mol. The summed E-state index contributed by atoms with van der Waals surface area (Å²) in [6.07, 6.45) is 2.09. The molecule has 2 heterocycles. The molecule has 3 rings (SSSR count). The van der Waals surface area contributed by atoms with Crippen LogP contribution in [0, 0.1) is 0 Å². The molecule has 0 aliphatic carbocycles. The van der Waals surface area contributed by atoms with Gasteiger partial charge >= 0.3 is 0 Å². The zero-order valence-corrected chi connectivity index (χ0v) is 10.5. The lowest BCUT2D eigenvalue weighted by Crippen LogP contribution is -2.13. The number of nitrogens with one attached hydrogen (secondary N) is 1. The summed E-state index contributed by atoms with van der Waals surface area (Å²) < 4.78 is 5.23. The quantitative estimate of drug-likeness (QED) is 0.900. The topological polar surface area (TPSA) is 68.0 Å². The van der Waals surface area contributed by atoms with Gasteiger partial charge in [-0.25, -0.2) is 0 Å². The minimum absolute atomic E-state index is 0.0328. The summed E-state index contributed by atoms with van der Waals surface area (Å²) in [5, 5.41) is 6.74. The van der Waals surface area contributed by atoms with Crippen molar-refractivity contribution < 1.29 is 9.32 Å². The predicted octanol–water partition coefficient (Wildman–Crippen LogP) is 1.46. The van der Waals surface area contributed by atoms with Crippen LogP contribution in [0.2, 0.25) is 0 Å². The lowest BCUT2D eigenvalue weighted by molar-refractivity contribution is -0.119. The maximum atomic E-state index is 11.1. The van der Waals surface area contributed by atoms with Gasteiger partial charge in [-0.2, -0.15) is 4.98 Å². The molecule has 1 N–H and O–H groups in total. The Balaban J connectivity index is 1.61. The number of hydrogen-bond acceptors (Lipinski definition) is 4. The van der Waals surface area contributed by atoms with Gasteiger partial charge in [0.05, 0.1) is 5.92 Å². The highest BCUT2D eigenvalue weighted by atomic mass is 16.5. The standard InChI is InChI=1S/C14H15N3O2/c18-13-8-11(9-15-13)14-16-12(17-19-14)7-6-10-4-2-1-3-5-10/h1-5,11H,6-9H2,(H,15,18). The molecular formula is C14H15N3O2. The summed E-state index contributed by atoms with van der Waals surface area (Å²) in [5.74, 6) is 1.36. The number of amides is 1. The molecule has 1 aliphatic rings. The first-order valence-electron chi connectivity index (χ1n) is 6.44. The van der Waals surface area contributed by atoms with E-state index in [0.717, 1.165) is 12.8 Å². The second kappa shape index (κ2) is 5.22. The molecule has 0 saturated carbocycles. The Morgan fingerprint density at radius 3 is 2.84 bits per heavy atom. The van der Waals surface area contributed by atoms with Gasteiger partial charge in [0.25, 0.3) is 0 Å². The summed E-state index contributed by atoms with van der Waals surface area (Å²) in [7, 11) is 0. The fraction of sp³-hybridized carbons (Fsp3) is 0.357. The van der Waals surface area contributed by atoms with E-state index in [-0.39, 0.29) is 11.8 Å². The molecule has 1 fully saturated rings. The SMILES string of the molecule is O=C1CC(c2nc(CCc3ccccc3)no2)CN1. The highest BCUT2D eigenvalue weighted by Crippen LogP contribution is 2.21. The molecule has 1 atom stereocenters. The Kier molecular flexibility index (Phi) is 3.27. The average Bonchev–Trinajstić information content (AvgIpc) is 3.06. The second-order valence-electron chi connectivity index (χ2n) is 4.74. The van der Waals surface area contributed by atoms with Gasteiger partial charge in [0, 0.05) is 19.4 Å². The molecule has 19 heavy (non-hydrogen) atoms.